The monoisotopic (exact) mass is 379 g/mol. The summed E-state index contributed by atoms with van der Waals surface area (Å²) in [6, 6.07) is 0.179. The van der Waals surface area contributed by atoms with Crippen molar-refractivity contribution in [3.63, 3.8) is 0 Å². The molecule has 0 unspecified atom stereocenters. The second-order valence-corrected chi connectivity index (χ2v) is 9.00. The molecule has 2 N–H and O–H groups in total. The number of amides is 1. The van der Waals surface area contributed by atoms with Crippen molar-refractivity contribution in [3.8, 4) is 0 Å². The first-order chi connectivity index (χ1) is 12.0. The maximum Gasteiger partial charge on any atom is 0.260 e. The number of hydrogen-bond donors (Lipinski definition) is 2. The number of carbonyl (C=O) groups is 1. The number of hydrogen-bond acceptors (Lipinski definition) is 5. The summed E-state index contributed by atoms with van der Waals surface area (Å²) in [6.07, 6.45) is 5.14. The minimum atomic E-state index is -0.0701. The van der Waals surface area contributed by atoms with Crippen molar-refractivity contribution in [1.82, 2.24) is 15.3 Å². The molecule has 0 saturated heterocycles. The van der Waals surface area contributed by atoms with Crippen LogP contribution in [0.4, 0.5) is 0 Å². The molecule has 0 aliphatic heterocycles. The fourth-order valence-electron chi connectivity index (χ4n) is 3.35. The third-order valence-electron chi connectivity index (χ3n) is 4.61. The molecule has 2 heterocycles. The Kier molecular flexibility index (Phi) is 5.84. The molecule has 1 aliphatic carbocycles. The molecule has 2 atom stereocenters. The SMILES string of the molecule is CCC[C@@H](C)NC(=O)CSc1nc2sc3c(c2c(=O)[nH]1)CC[C@@H](C)C3. The first kappa shape index (κ1) is 18.5. The van der Waals surface area contributed by atoms with E-state index in [1.165, 1.54) is 22.2 Å². The molecule has 1 amide bonds. The molecule has 2 aromatic rings. The summed E-state index contributed by atoms with van der Waals surface area (Å²) in [7, 11) is 0. The standard InChI is InChI=1S/C18H25N3O2S2/c1-4-5-11(3)19-14(22)9-24-18-20-16(23)15-12-7-6-10(2)8-13(12)25-17(15)21-18/h10-11H,4-9H2,1-3H3,(H,19,22)(H,20,21,23)/t10-,11-/m1/s1. The van der Waals surface area contributed by atoms with Crippen molar-refractivity contribution in [2.45, 2.75) is 64.1 Å². The lowest BCUT2D eigenvalue weighted by atomic mass is 9.89. The Morgan fingerprint density at radius 3 is 3.08 bits per heavy atom. The normalized spacial score (nSPS) is 18.1. The van der Waals surface area contributed by atoms with E-state index >= 15 is 0 Å². The molecule has 0 fully saturated rings. The average molecular weight is 380 g/mol. The quantitative estimate of drug-likeness (QED) is 0.595. The van der Waals surface area contributed by atoms with Gasteiger partial charge in [0, 0.05) is 10.9 Å². The maximum atomic E-state index is 12.5. The van der Waals surface area contributed by atoms with Gasteiger partial charge in [0.05, 0.1) is 11.1 Å². The van der Waals surface area contributed by atoms with Crippen LogP contribution in [0.1, 0.15) is 50.5 Å². The zero-order valence-corrected chi connectivity index (χ0v) is 16.6. The molecule has 3 rings (SSSR count). The number of rotatable bonds is 6. The number of thioether (sulfide) groups is 1. The molecule has 1 aliphatic rings. The van der Waals surface area contributed by atoms with Crippen LogP contribution in [0.25, 0.3) is 10.2 Å². The van der Waals surface area contributed by atoms with Gasteiger partial charge in [-0.05, 0) is 44.1 Å². The number of fused-ring (bicyclic) bond motifs is 3. The van der Waals surface area contributed by atoms with E-state index < -0.39 is 0 Å². The predicted octanol–water partition coefficient (Wildman–Crippen LogP) is 3.51. The summed E-state index contributed by atoms with van der Waals surface area (Å²) in [5.41, 5.74) is 1.12. The zero-order chi connectivity index (χ0) is 18.0. The lowest BCUT2D eigenvalue weighted by Crippen LogP contribution is -2.33. The molecule has 7 heteroatoms. The number of nitrogens with zero attached hydrogens (tertiary/aromatic N) is 1. The molecule has 2 aromatic heterocycles. The van der Waals surface area contributed by atoms with Crippen LogP contribution >= 0.6 is 23.1 Å². The van der Waals surface area contributed by atoms with Crippen molar-refractivity contribution in [2.24, 2.45) is 5.92 Å². The van der Waals surface area contributed by atoms with Crippen LogP contribution in [0.5, 0.6) is 0 Å². The summed E-state index contributed by atoms with van der Waals surface area (Å²) in [6.45, 7) is 6.36. The van der Waals surface area contributed by atoms with Crippen LogP contribution in [0, 0.1) is 5.92 Å². The van der Waals surface area contributed by atoms with Gasteiger partial charge in [0.25, 0.3) is 5.56 Å². The molecule has 0 bridgehead atoms. The number of nitrogens with one attached hydrogen (secondary N) is 2. The number of aromatic amines is 1. The average Bonchev–Trinajstić information content (AvgIpc) is 2.90. The Morgan fingerprint density at radius 2 is 2.32 bits per heavy atom. The van der Waals surface area contributed by atoms with Crippen molar-refractivity contribution in [2.75, 3.05) is 5.75 Å². The van der Waals surface area contributed by atoms with Gasteiger partial charge in [0.2, 0.25) is 5.91 Å². The van der Waals surface area contributed by atoms with Crippen molar-refractivity contribution < 1.29 is 4.79 Å². The summed E-state index contributed by atoms with van der Waals surface area (Å²) in [4.78, 5) is 34.1. The highest BCUT2D eigenvalue weighted by atomic mass is 32.2. The van der Waals surface area contributed by atoms with Gasteiger partial charge < -0.3 is 10.3 Å². The molecule has 136 valence electrons. The van der Waals surface area contributed by atoms with Crippen LogP contribution < -0.4 is 10.9 Å². The minimum Gasteiger partial charge on any atom is -0.353 e. The van der Waals surface area contributed by atoms with Gasteiger partial charge in [-0.25, -0.2) is 4.98 Å². The fourth-order valence-corrected chi connectivity index (χ4v) is 5.47. The minimum absolute atomic E-state index is 0.0204. The molecule has 0 radical (unpaired) electrons. The van der Waals surface area contributed by atoms with E-state index in [2.05, 4.69) is 29.1 Å². The Hall–Kier alpha value is -1.34. The van der Waals surface area contributed by atoms with Crippen molar-refractivity contribution >= 4 is 39.2 Å². The molecule has 5 nitrogen and oxygen atoms in total. The first-order valence-corrected chi connectivity index (χ1v) is 10.7. The Balaban J connectivity index is 1.73. The largest absolute Gasteiger partial charge is 0.353 e. The number of H-pyrrole nitrogens is 1. The van der Waals surface area contributed by atoms with E-state index in [9.17, 15) is 9.59 Å². The smallest absolute Gasteiger partial charge is 0.260 e. The third-order valence-corrected chi connectivity index (χ3v) is 6.63. The molecule has 25 heavy (non-hydrogen) atoms. The lowest BCUT2D eigenvalue weighted by Gasteiger charge is -2.17. The summed E-state index contributed by atoms with van der Waals surface area (Å²) < 4.78 is 0. The van der Waals surface area contributed by atoms with Gasteiger partial charge in [-0.1, -0.05) is 32.0 Å². The van der Waals surface area contributed by atoms with Crippen LogP contribution in [-0.2, 0) is 17.6 Å². The lowest BCUT2D eigenvalue weighted by molar-refractivity contribution is -0.119. The van der Waals surface area contributed by atoms with Gasteiger partial charge in [0.15, 0.2) is 5.16 Å². The Labute approximate surface area is 156 Å². The summed E-state index contributed by atoms with van der Waals surface area (Å²) >= 11 is 2.93. The highest BCUT2D eigenvalue weighted by molar-refractivity contribution is 7.99. The molecule has 0 aromatic carbocycles. The van der Waals surface area contributed by atoms with E-state index in [1.54, 1.807) is 11.3 Å². The molecule has 0 spiro atoms. The number of thiophene rings is 1. The number of aryl methyl sites for hydroxylation is 1. The summed E-state index contributed by atoms with van der Waals surface area (Å²) in [5, 5.41) is 4.26. The Morgan fingerprint density at radius 1 is 1.52 bits per heavy atom. The van der Waals surface area contributed by atoms with Gasteiger partial charge in [-0.2, -0.15) is 0 Å². The molecular weight excluding hydrogens is 354 g/mol. The second-order valence-electron chi connectivity index (χ2n) is 6.95. The van der Waals surface area contributed by atoms with E-state index in [0.29, 0.717) is 11.1 Å². The molecular formula is C18H25N3O2S2. The van der Waals surface area contributed by atoms with Crippen molar-refractivity contribution in [1.29, 1.82) is 0 Å². The highest BCUT2D eigenvalue weighted by Crippen LogP contribution is 2.36. The summed E-state index contributed by atoms with van der Waals surface area (Å²) in [5.74, 6) is 0.917. The third kappa shape index (κ3) is 4.26. The van der Waals surface area contributed by atoms with Crippen LogP contribution in [0.2, 0.25) is 0 Å². The molecule has 0 saturated carbocycles. The zero-order valence-electron chi connectivity index (χ0n) is 15.0. The van der Waals surface area contributed by atoms with E-state index in [4.69, 9.17) is 0 Å². The topological polar surface area (TPSA) is 74.8 Å². The fraction of sp³-hybridized carbons (Fsp3) is 0.611. The van der Waals surface area contributed by atoms with Crippen LogP contribution in [-0.4, -0.2) is 27.7 Å². The van der Waals surface area contributed by atoms with Crippen LogP contribution in [0.15, 0.2) is 9.95 Å². The van der Waals surface area contributed by atoms with E-state index in [-0.39, 0.29) is 23.3 Å². The predicted molar refractivity (Wildman–Crippen MR) is 105 cm³/mol. The van der Waals surface area contributed by atoms with Crippen molar-refractivity contribution in [3.05, 3.63) is 20.8 Å². The maximum absolute atomic E-state index is 12.5. The van der Waals surface area contributed by atoms with Gasteiger partial charge >= 0.3 is 0 Å². The van der Waals surface area contributed by atoms with E-state index in [1.807, 2.05) is 6.92 Å². The van der Waals surface area contributed by atoms with Gasteiger partial charge in [-0.3, -0.25) is 9.59 Å². The highest BCUT2D eigenvalue weighted by Gasteiger charge is 2.23. The van der Waals surface area contributed by atoms with Crippen LogP contribution in [0.3, 0.4) is 0 Å². The van der Waals surface area contributed by atoms with E-state index in [0.717, 1.165) is 42.3 Å². The van der Waals surface area contributed by atoms with Gasteiger partial charge in [-0.15, -0.1) is 11.3 Å². The number of aromatic nitrogens is 2. The second kappa shape index (κ2) is 7.91. The first-order valence-electron chi connectivity index (χ1n) is 8.94. The Bertz CT molecular complexity index is 828. The van der Waals surface area contributed by atoms with Gasteiger partial charge in [0.1, 0.15) is 4.83 Å². The number of carbonyl (C=O) groups excluding carboxylic acids is 1.